The molecule has 2 N–H and O–H groups in total. The molecule has 122 valence electrons. The van der Waals surface area contributed by atoms with Gasteiger partial charge in [0.15, 0.2) is 0 Å². The molecule has 0 aliphatic heterocycles. The molecule has 0 atom stereocenters. The van der Waals surface area contributed by atoms with Crippen LogP contribution in [0.4, 0.5) is 17.5 Å². The number of para-hydroxylation sites is 1. The van der Waals surface area contributed by atoms with Crippen LogP contribution in [-0.2, 0) is 6.54 Å². The smallest absolute Gasteiger partial charge is 0.225 e. The van der Waals surface area contributed by atoms with Gasteiger partial charge in [-0.25, -0.2) is 4.98 Å². The number of aromatic nitrogens is 3. The molecule has 5 heteroatoms. The number of anilines is 3. The molecule has 2 heterocycles. The van der Waals surface area contributed by atoms with Crippen LogP contribution in [-0.4, -0.2) is 15.0 Å². The summed E-state index contributed by atoms with van der Waals surface area (Å²) in [4.78, 5) is 13.1. The quantitative estimate of drug-likeness (QED) is 0.739. The first kappa shape index (κ1) is 15.9. The van der Waals surface area contributed by atoms with E-state index in [2.05, 4.69) is 57.6 Å². The summed E-state index contributed by atoms with van der Waals surface area (Å²) in [6.07, 6.45) is 3.60. The van der Waals surface area contributed by atoms with Crippen LogP contribution in [0.5, 0.6) is 0 Å². The van der Waals surface area contributed by atoms with Crippen LogP contribution in [0.3, 0.4) is 0 Å². The average Bonchev–Trinajstić information content (AvgIpc) is 2.57. The van der Waals surface area contributed by atoms with Crippen LogP contribution < -0.4 is 10.6 Å². The van der Waals surface area contributed by atoms with Crippen molar-refractivity contribution in [2.75, 3.05) is 10.6 Å². The van der Waals surface area contributed by atoms with Crippen molar-refractivity contribution in [2.24, 2.45) is 0 Å². The predicted molar refractivity (Wildman–Crippen MR) is 97.5 cm³/mol. The summed E-state index contributed by atoms with van der Waals surface area (Å²) in [5.41, 5.74) is 5.47. The largest absolute Gasteiger partial charge is 0.350 e. The van der Waals surface area contributed by atoms with Crippen LogP contribution in [0.2, 0.25) is 0 Å². The lowest BCUT2D eigenvalue weighted by atomic mass is 10.1. The lowest BCUT2D eigenvalue weighted by Crippen LogP contribution is -2.07. The van der Waals surface area contributed by atoms with Crippen molar-refractivity contribution >= 4 is 17.5 Å². The van der Waals surface area contributed by atoms with E-state index >= 15 is 0 Å². The maximum atomic E-state index is 4.57. The molecule has 3 aromatic rings. The molecule has 0 aliphatic rings. The monoisotopic (exact) mass is 319 g/mol. The maximum Gasteiger partial charge on any atom is 0.225 e. The van der Waals surface area contributed by atoms with Crippen molar-refractivity contribution in [3.8, 4) is 0 Å². The van der Waals surface area contributed by atoms with Gasteiger partial charge < -0.3 is 10.6 Å². The topological polar surface area (TPSA) is 62.7 Å². The first-order valence-corrected chi connectivity index (χ1v) is 7.93. The molecule has 0 spiro atoms. The van der Waals surface area contributed by atoms with E-state index in [9.17, 15) is 0 Å². The van der Waals surface area contributed by atoms with E-state index in [0.717, 1.165) is 22.8 Å². The Balaban J connectivity index is 1.79. The number of rotatable bonds is 5. The van der Waals surface area contributed by atoms with Gasteiger partial charge >= 0.3 is 0 Å². The highest BCUT2D eigenvalue weighted by molar-refractivity contribution is 5.65. The second-order valence-electron chi connectivity index (χ2n) is 5.82. The zero-order valence-corrected chi connectivity index (χ0v) is 14.2. The van der Waals surface area contributed by atoms with E-state index in [1.165, 1.54) is 11.1 Å². The van der Waals surface area contributed by atoms with Gasteiger partial charge in [-0.05, 0) is 43.5 Å². The molecular weight excluding hydrogens is 298 g/mol. The number of nitrogens with zero attached hydrogens (tertiary/aromatic N) is 3. The third kappa shape index (κ3) is 3.87. The van der Waals surface area contributed by atoms with Crippen LogP contribution in [0.15, 0.2) is 48.8 Å². The van der Waals surface area contributed by atoms with Gasteiger partial charge in [0.05, 0.1) is 0 Å². The van der Waals surface area contributed by atoms with E-state index in [1.807, 2.05) is 31.3 Å². The molecule has 24 heavy (non-hydrogen) atoms. The third-order valence-electron chi connectivity index (χ3n) is 3.76. The van der Waals surface area contributed by atoms with Crippen molar-refractivity contribution in [2.45, 2.75) is 27.3 Å². The normalized spacial score (nSPS) is 10.5. The average molecular weight is 319 g/mol. The van der Waals surface area contributed by atoms with Crippen LogP contribution in [0.1, 0.15) is 22.4 Å². The highest BCUT2D eigenvalue weighted by Gasteiger charge is 2.06. The molecule has 5 nitrogen and oxygen atoms in total. The van der Waals surface area contributed by atoms with Crippen molar-refractivity contribution in [1.82, 2.24) is 15.0 Å². The molecule has 1 aromatic carbocycles. The molecule has 0 unspecified atom stereocenters. The Morgan fingerprint density at radius 2 is 1.75 bits per heavy atom. The van der Waals surface area contributed by atoms with Crippen LogP contribution in [0, 0.1) is 20.8 Å². The Labute approximate surface area is 142 Å². The number of hydrogen-bond donors (Lipinski definition) is 2. The Hall–Kier alpha value is -2.95. The van der Waals surface area contributed by atoms with Gasteiger partial charge in [0, 0.05) is 36.4 Å². The predicted octanol–water partition coefficient (Wildman–Crippen LogP) is 4.15. The lowest BCUT2D eigenvalue weighted by molar-refractivity contribution is 1.02. The van der Waals surface area contributed by atoms with E-state index in [0.29, 0.717) is 12.5 Å². The second-order valence-corrected chi connectivity index (χ2v) is 5.82. The minimum Gasteiger partial charge on any atom is -0.350 e. The molecule has 0 bridgehead atoms. The van der Waals surface area contributed by atoms with Gasteiger partial charge in [-0.15, -0.1) is 0 Å². The number of nitrogens with one attached hydrogen (secondary N) is 2. The highest BCUT2D eigenvalue weighted by Crippen LogP contribution is 2.24. The van der Waals surface area contributed by atoms with E-state index in [4.69, 9.17) is 0 Å². The summed E-state index contributed by atoms with van der Waals surface area (Å²) in [5.74, 6) is 1.39. The van der Waals surface area contributed by atoms with Gasteiger partial charge in [0.25, 0.3) is 0 Å². The first-order valence-electron chi connectivity index (χ1n) is 7.93. The van der Waals surface area contributed by atoms with Crippen LogP contribution in [0.25, 0.3) is 0 Å². The Morgan fingerprint density at radius 1 is 0.958 bits per heavy atom. The number of hydrogen-bond acceptors (Lipinski definition) is 5. The van der Waals surface area contributed by atoms with Gasteiger partial charge in [0.2, 0.25) is 5.95 Å². The van der Waals surface area contributed by atoms with Crippen molar-refractivity contribution < 1.29 is 0 Å². The first-order chi connectivity index (χ1) is 11.6. The minimum absolute atomic E-state index is 0.604. The van der Waals surface area contributed by atoms with Gasteiger partial charge in [-0.2, -0.15) is 4.98 Å². The maximum absolute atomic E-state index is 4.57. The van der Waals surface area contributed by atoms with Gasteiger partial charge in [-0.1, -0.05) is 24.3 Å². The van der Waals surface area contributed by atoms with Crippen LogP contribution >= 0.6 is 0 Å². The molecule has 0 fully saturated rings. The lowest BCUT2D eigenvalue weighted by Gasteiger charge is -2.13. The molecule has 0 saturated heterocycles. The SMILES string of the molecule is Cc1cc(Nc2c(C)cccc2C)nc(NCc2cccnc2)n1. The summed E-state index contributed by atoms with van der Waals surface area (Å²) in [6, 6.07) is 12.1. The zero-order valence-electron chi connectivity index (χ0n) is 14.2. The second kappa shape index (κ2) is 7.08. The standard InChI is InChI=1S/C19H21N5/c1-13-6-4-7-14(2)18(13)23-17-10-15(3)22-19(24-17)21-12-16-8-5-9-20-11-16/h4-11H,12H2,1-3H3,(H2,21,22,23,24). The minimum atomic E-state index is 0.604. The van der Waals surface area contributed by atoms with Crippen molar-refractivity contribution in [1.29, 1.82) is 0 Å². The Bertz CT molecular complexity index is 810. The number of aryl methyl sites for hydroxylation is 3. The molecule has 0 amide bonds. The van der Waals surface area contributed by atoms with Crippen molar-refractivity contribution in [3.05, 3.63) is 71.2 Å². The molecule has 3 rings (SSSR count). The van der Waals surface area contributed by atoms with Gasteiger partial charge in [0.1, 0.15) is 5.82 Å². The summed E-state index contributed by atoms with van der Waals surface area (Å²) in [6.45, 7) is 6.78. The molecule has 2 aromatic heterocycles. The fourth-order valence-electron chi connectivity index (χ4n) is 2.54. The molecular formula is C19H21N5. The number of pyridine rings is 1. The van der Waals surface area contributed by atoms with E-state index in [-0.39, 0.29) is 0 Å². The summed E-state index contributed by atoms with van der Waals surface area (Å²) in [5, 5.41) is 6.67. The summed E-state index contributed by atoms with van der Waals surface area (Å²) >= 11 is 0. The number of benzene rings is 1. The molecule has 0 saturated carbocycles. The Kier molecular flexibility index (Phi) is 4.70. The third-order valence-corrected chi connectivity index (χ3v) is 3.76. The summed E-state index contributed by atoms with van der Waals surface area (Å²) < 4.78 is 0. The van der Waals surface area contributed by atoms with Gasteiger partial charge in [-0.3, -0.25) is 4.98 Å². The van der Waals surface area contributed by atoms with E-state index < -0.39 is 0 Å². The fourth-order valence-corrected chi connectivity index (χ4v) is 2.54. The molecule has 0 aliphatic carbocycles. The fraction of sp³-hybridized carbons (Fsp3) is 0.211. The summed E-state index contributed by atoms with van der Waals surface area (Å²) in [7, 11) is 0. The highest BCUT2D eigenvalue weighted by atomic mass is 15.1. The zero-order chi connectivity index (χ0) is 16.9. The van der Waals surface area contributed by atoms with E-state index in [1.54, 1.807) is 6.20 Å². The Morgan fingerprint density at radius 3 is 2.46 bits per heavy atom. The van der Waals surface area contributed by atoms with Crippen molar-refractivity contribution in [3.63, 3.8) is 0 Å². The molecule has 0 radical (unpaired) electrons.